The van der Waals surface area contributed by atoms with E-state index >= 15 is 0 Å². The average molecular weight is 825 g/mol. The van der Waals surface area contributed by atoms with Crippen molar-refractivity contribution >= 4 is 0 Å². The molecule has 6 fully saturated rings. The lowest BCUT2D eigenvalue weighted by Gasteiger charge is -2.69. The third kappa shape index (κ3) is 4.63. The van der Waals surface area contributed by atoms with Crippen molar-refractivity contribution in [1.82, 2.24) is 0 Å². The van der Waals surface area contributed by atoms with Gasteiger partial charge in [0.1, 0.15) is 0 Å². The summed E-state index contributed by atoms with van der Waals surface area (Å²) in [6.45, 7) is 45.0. The van der Waals surface area contributed by atoms with Crippen LogP contribution >= 0.6 is 0 Å². The van der Waals surface area contributed by atoms with E-state index in [-0.39, 0.29) is 16.9 Å². The molecule has 12 unspecified atom stereocenters. The van der Waals surface area contributed by atoms with Crippen molar-refractivity contribution in [2.75, 3.05) is 0 Å². The monoisotopic (exact) mass is 825 g/mol. The average Bonchev–Trinajstić information content (AvgIpc) is 3.17. The first-order chi connectivity index (χ1) is 28.1. The molecule has 12 bridgehead atoms. The maximum absolute atomic E-state index is 12.0. The summed E-state index contributed by atoms with van der Waals surface area (Å²) in [5, 5.41) is 12.0. The van der Waals surface area contributed by atoms with Crippen molar-refractivity contribution < 1.29 is 5.11 Å². The van der Waals surface area contributed by atoms with Gasteiger partial charge < -0.3 is 5.11 Å². The SMILES string of the molecule is CC1=C2CC(CC1C1(C3C(C)=C4CC(C3O)C4(C)C)CC3CC(=C1C)C3(C)C)C2(C)C.CC1=C2CC(CC1C1(C3CC4CC(=C3C)C4(C)C)CC3CC(=C1C)C3(C)C)C2(C)C. The van der Waals surface area contributed by atoms with Gasteiger partial charge in [0.25, 0.3) is 0 Å². The smallest absolute Gasteiger partial charge is 0.0653 e. The molecule has 61 heavy (non-hydrogen) atoms. The minimum Gasteiger partial charge on any atom is -0.392 e. The van der Waals surface area contributed by atoms with E-state index in [4.69, 9.17) is 0 Å². The molecule has 0 aliphatic heterocycles. The van der Waals surface area contributed by atoms with E-state index in [1.807, 2.05) is 33.4 Å². The summed E-state index contributed by atoms with van der Waals surface area (Å²) in [4.78, 5) is 0. The molecule has 0 aromatic carbocycles. The van der Waals surface area contributed by atoms with Gasteiger partial charge >= 0.3 is 0 Å². The fourth-order valence-corrected chi connectivity index (χ4v) is 20.4. The van der Waals surface area contributed by atoms with Crippen molar-refractivity contribution in [3.63, 3.8) is 0 Å². The summed E-state index contributed by atoms with van der Waals surface area (Å²) in [5.41, 5.74) is 24.1. The Bertz CT molecular complexity index is 2190. The maximum Gasteiger partial charge on any atom is 0.0653 e. The zero-order valence-corrected chi connectivity index (χ0v) is 42.6. The fourth-order valence-electron chi connectivity index (χ4n) is 20.4. The molecule has 0 heterocycles. The van der Waals surface area contributed by atoms with Gasteiger partial charge in [-0.05, 0) is 198 Å². The summed E-state index contributed by atoms with van der Waals surface area (Å²) in [7, 11) is 0. The first kappa shape index (κ1) is 42.1. The van der Waals surface area contributed by atoms with E-state index in [9.17, 15) is 5.11 Å². The molecule has 18 rings (SSSR count). The van der Waals surface area contributed by atoms with E-state index in [0.717, 1.165) is 47.8 Å². The molecule has 0 aromatic rings. The van der Waals surface area contributed by atoms with Gasteiger partial charge in [-0.25, -0.2) is 0 Å². The number of aliphatic hydroxyl groups is 1. The molecular formula is C60H88O. The molecule has 0 radical (unpaired) electrons. The molecule has 12 atom stereocenters. The van der Waals surface area contributed by atoms with Crippen LogP contribution in [0.1, 0.15) is 195 Å². The Kier molecular flexibility index (Phi) is 8.30. The van der Waals surface area contributed by atoms with Gasteiger partial charge in [-0.15, -0.1) is 0 Å². The summed E-state index contributed by atoms with van der Waals surface area (Å²) in [5.74, 6) is 7.36. The van der Waals surface area contributed by atoms with Crippen LogP contribution in [0.3, 0.4) is 0 Å². The van der Waals surface area contributed by atoms with Crippen LogP contribution in [0.15, 0.2) is 66.9 Å². The van der Waals surface area contributed by atoms with E-state index in [1.165, 1.54) is 64.2 Å². The molecule has 0 aromatic heterocycles. The number of fused-ring (bicyclic) bond motifs is 16. The Hall–Kier alpha value is -1.60. The van der Waals surface area contributed by atoms with Gasteiger partial charge in [0.15, 0.2) is 0 Å². The van der Waals surface area contributed by atoms with Crippen LogP contribution in [0.5, 0.6) is 0 Å². The second kappa shape index (κ2) is 12.0. The van der Waals surface area contributed by atoms with Crippen molar-refractivity contribution in [1.29, 1.82) is 0 Å². The van der Waals surface area contributed by atoms with E-state index in [1.54, 1.807) is 33.4 Å². The van der Waals surface area contributed by atoms with E-state index in [2.05, 4.69) is 125 Å². The van der Waals surface area contributed by atoms with Crippen molar-refractivity contribution in [3.8, 4) is 0 Å². The first-order valence-corrected chi connectivity index (χ1v) is 26.0. The van der Waals surface area contributed by atoms with Gasteiger partial charge in [-0.2, -0.15) is 0 Å². The van der Waals surface area contributed by atoms with Crippen LogP contribution in [0.4, 0.5) is 0 Å². The largest absolute Gasteiger partial charge is 0.392 e. The fraction of sp³-hybridized carbons (Fsp3) is 0.800. The summed E-state index contributed by atoms with van der Waals surface area (Å²) >= 11 is 0. The Morgan fingerprint density at radius 1 is 0.361 bits per heavy atom. The van der Waals surface area contributed by atoms with Gasteiger partial charge in [-0.1, -0.05) is 150 Å². The zero-order chi connectivity index (χ0) is 44.1. The van der Waals surface area contributed by atoms with Crippen LogP contribution in [-0.4, -0.2) is 11.2 Å². The molecule has 0 amide bonds. The normalized spacial score (nSPS) is 47.6. The Morgan fingerprint density at radius 3 is 0.967 bits per heavy atom. The molecule has 1 N–H and O–H groups in total. The summed E-state index contributed by atoms with van der Waals surface area (Å²) < 4.78 is 0. The zero-order valence-electron chi connectivity index (χ0n) is 42.6. The minimum absolute atomic E-state index is 0.141. The maximum atomic E-state index is 12.0. The van der Waals surface area contributed by atoms with Crippen molar-refractivity contribution in [3.05, 3.63) is 66.9 Å². The number of aliphatic hydroxyl groups excluding tert-OH is 1. The molecular weight excluding hydrogens is 737 g/mol. The molecule has 1 nitrogen and oxygen atoms in total. The van der Waals surface area contributed by atoms with Crippen LogP contribution < -0.4 is 0 Å². The molecule has 6 saturated carbocycles. The third-order valence-corrected chi connectivity index (χ3v) is 25.5. The van der Waals surface area contributed by atoms with Gasteiger partial charge in [0.2, 0.25) is 0 Å². The number of hydrogen-bond donors (Lipinski definition) is 1. The van der Waals surface area contributed by atoms with Crippen LogP contribution in [0, 0.1) is 102 Å². The quantitative estimate of drug-likeness (QED) is 0.280. The van der Waals surface area contributed by atoms with Gasteiger partial charge in [0, 0.05) is 16.7 Å². The highest BCUT2D eigenvalue weighted by molar-refractivity contribution is 5.51. The lowest BCUT2D eigenvalue weighted by atomic mass is 9.35. The topological polar surface area (TPSA) is 20.2 Å². The lowest BCUT2D eigenvalue weighted by Crippen LogP contribution is -2.63. The first-order valence-electron chi connectivity index (χ1n) is 26.0. The van der Waals surface area contributed by atoms with Crippen molar-refractivity contribution in [2.24, 2.45) is 102 Å². The Balaban J connectivity index is 0.000000138. The standard InChI is InChI=1S/C30H44O.C30H44/c1-15-20-10-18(27(20,4)5)11-22(15)30(14-19-12-23(17(30)3)28(19,6)7)25-16(2)21-13-24(26(25)31)29(21,8)9;1-16-22-10-19(27(22,4)5)12-24(16)30(15-21-14-26(18(30)3)29(21,8)9)25-13-20-11-23(17(25)2)28(20,6)7/h18-19,22,24-26,31H,10-14H2,1-9H3;19-21,24-25H,10-15H2,1-9H3. The van der Waals surface area contributed by atoms with E-state index < -0.39 is 0 Å². The molecule has 334 valence electrons. The van der Waals surface area contributed by atoms with Crippen LogP contribution in [-0.2, 0) is 0 Å². The summed E-state index contributed by atoms with van der Waals surface area (Å²) in [6, 6.07) is 0. The molecule has 0 spiro atoms. The highest BCUT2D eigenvalue weighted by Gasteiger charge is 2.69. The van der Waals surface area contributed by atoms with Crippen LogP contribution in [0.2, 0.25) is 0 Å². The second-order valence-corrected chi connectivity index (χ2v) is 28.3. The number of allylic oxidation sites excluding steroid dienone is 11. The predicted octanol–water partition coefficient (Wildman–Crippen LogP) is 16.0. The van der Waals surface area contributed by atoms with Gasteiger partial charge in [0.05, 0.1) is 6.10 Å². The van der Waals surface area contributed by atoms with E-state index in [0.29, 0.717) is 50.2 Å². The van der Waals surface area contributed by atoms with Crippen LogP contribution in [0.25, 0.3) is 0 Å². The second-order valence-electron chi connectivity index (χ2n) is 28.3. The number of rotatable bonds is 4. The molecule has 1 heteroatoms. The minimum atomic E-state index is -0.187. The summed E-state index contributed by atoms with van der Waals surface area (Å²) in [6.07, 6.45) is 14.8. The predicted molar refractivity (Wildman–Crippen MR) is 255 cm³/mol. The number of hydrogen-bond acceptors (Lipinski definition) is 1. The van der Waals surface area contributed by atoms with Gasteiger partial charge in [-0.3, -0.25) is 0 Å². The molecule has 18 aliphatic carbocycles. The third-order valence-electron chi connectivity index (χ3n) is 25.5. The van der Waals surface area contributed by atoms with Crippen molar-refractivity contribution in [2.45, 2.75) is 201 Å². The molecule has 18 aliphatic rings. The Morgan fingerprint density at radius 2 is 0.672 bits per heavy atom. The lowest BCUT2D eigenvalue weighted by molar-refractivity contribution is -0.110. The highest BCUT2D eigenvalue weighted by atomic mass is 16.3. The molecule has 0 saturated heterocycles. The highest BCUT2D eigenvalue weighted by Crippen LogP contribution is 2.77. The Labute approximate surface area is 374 Å².